The van der Waals surface area contributed by atoms with Gasteiger partial charge in [-0.05, 0) is 12.5 Å². The maximum absolute atomic E-state index is 12.4. The summed E-state index contributed by atoms with van der Waals surface area (Å²) in [6.07, 6.45) is -1.43. The van der Waals surface area contributed by atoms with Crippen LogP contribution in [0.2, 0.25) is 0 Å². The van der Waals surface area contributed by atoms with Gasteiger partial charge in [-0.15, -0.1) is 0 Å². The molecular weight excluding hydrogens is 285 g/mol. The molecule has 0 spiro atoms. The predicted octanol–water partition coefficient (Wildman–Crippen LogP) is 1.61. The van der Waals surface area contributed by atoms with Crippen molar-refractivity contribution in [3.05, 3.63) is 18.0 Å². The lowest BCUT2D eigenvalue weighted by Crippen LogP contribution is -2.35. The standard InChI is InChI=1S/C12H19F3N6/c1-2-3-5-17-10(16)18-7-8-20-11-19-6-4-9(21-11)12(13,14)15/h4,6H,2-3,5,7-8H2,1H3,(H3,16,17,18)(H,19,20,21). The van der Waals surface area contributed by atoms with Gasteiger partial charge >= 0.3 is 6.18 Å². The molecule has 9 heteroatoms. The third-order valence-corrected chi connectivity index (χ3v) is 2.45. The Labute approximate surface area is 121 Å². The first-order valence-electron chi connectivity index (χ1n) is 6.61. The molecule has 0 radical (unpaired) electrons. The van der Waals surface area contributed by atoms with Gasteiger partial charge in [0.1, 0.15) is 5.69 Å². The summed E-state index contributed by atoms with van der Waals surface area (Å²) in [5.74, 6) is 0.239. The SMILES string of the molecule is CCCCN=C(N)NCCNc1nccc(C(F)(F)F)n1. The van der Waals surface area contributed by atoms with E-state index in [1.165, 1.54) is 0 Å². The summed E-state index contributed by atoms with van der Waals surface area (Å²) in [7, 11) is 0. The van der Waals surface area contributed by atoms with Crippen molar-refractivity contribution < 1.29 is 13.2 Å². The van der Waals surface area contributed by atoms with Gasteiger partial charge in [0.15, 0.2) is 5.96 Å². The van der Waals surface area contributed by atoms with Gasteiger partial charge in [-0.3, -0.25) is 4.99 Å². The minimum Gasteiger partial charge on any atom is -0.370 e. The first-order chi connectivity index (χ1) is 9.93. The number of rotatable bonds is 7. The number of hydrogen-bond acceptors (Lipinski definition) is 4. The van der Waals surface area contributed by atoms with E-state index >= 15 is 0 Å². The topological polar surface area (TPSA) is 88.2 Å². The fourth-order valence-corrected chi connectivity index (χ4v) is 1.38. The number of anilines is 1. The first-order valence-corrected chi connectivity index (χ1v) is 6.61. The minimum absolute atomic E-state index is 0.0758. The number of nitrogens with one attached hydrogen (secondary N) is 2. The number of guanidine groups is 1. The van der Waals surface area contributed by atoms with Gasteiger partial charge in [0, 0.05) is 25.8 Å². The Morgan fingerprint density at radius 1 is 1.38 bits per heavy atom. The highest BCUT2D eigenvalue weighted by atomic mass is 19.4. The molecule has 0 aliphatic carbocycles. The van der Waals surface area contributed by atoms with Gasteiger partial charge in [-0.2, -0.15) is 13.2 Å². The zero-order chi connectivity index (χ0) is 15.7. The molecule has 6 nitrogen and oxygen atoms in total. The maximum Gasteiger partial charge on any atom is 0.433 e. The Morgan fingerprint density at radius 2 is 2.14 bits per heavy atom. The van der Waals surface area contributed by atoms with E-state index in [1.807, 2.05) is 0 Å². The fourth-order valence-electron chi connectivity index (χ4n) is 1.38. The quantitative estimate of drug-likeness (QED) is 0.405. The average Bonchev–Trinajstić information content (AvgIpc) is 2.43. The van der Waals surface area contributed by atoms with Crippen LogP contribution in [0.15, 0.2) is 17.3 Å². The summed E-state index contributed by atoms with van der Waals surface area (Å²) in [5, 5.41) is 5.53. The summed E-state index contributed by atoms with van der Waals surface area (Å²) in [6.45, 7) is 3.43. The molecule has 21 heavy (non-hydrogen) atoms. The van der Waals surface area contributed by atoms with Crippen LogP contribution in [-0.2, 0) is 6.18 Å². The van der Waals surface area contributed by atoms with Crippen molar-refractivity contribution in [2.75, 3.05) is 25.0 Å². The lowest BCUT2D eigenvalue weighted by atomic mass is 10.3. The van der Waals surface area contributed by atoms with Gasteiger partial charge < -0.3 is 16.4 Å². The van der Waals surface area contributed by atoms with E-state index in [1.54, 1.807) is 0 Å². The Morgan fingerprint density at radius 3 is 2.81 bits per heavy atom. The summed E-state index contributed by atoms with van der Waals surface area (Å²) in [5.41, 5.74) is 4.63. The van der Waals surface area contributed by atoms with E-state index in [0.29, 0.717) is 25.6 Å². The second kappa shape index (κ2) is 8.28. The molecule has 0 aliphatic rings. The van der Waals surface area contributed by atoms with Crippen molar-refractivity contribution >= 4 is 11.9 Å². The van der Waals surface area contributed by atoms with Gasteiger partial charge in [0.05, 0.1) is 0 Å². The monoisotopic (exact) mass is 304 g/mol. The Hall–Kier alpha value is -2.06. The molecule has 0 atom stereocenters. The third-order valence-electron chi connectivity index (χ3n) is 2.45. The van der Waals surface area contributed by atoms with E-state index in [-0.39, 0.29) is 5.95 Å². The highest BCUT2D eigenvalue weighted by molar-refractivity contribution is 5.77. The molecule has 0 aliphatic heterocycles. The molecule has 0 bridgehead atoms. The Bertz CT molecular complexity index is 461. The summed E-state index contributed by atoms with van der Waals surface area (Å²) >= 11 is 0. The van der Waals surface area contributed by atoms with Crippen molar-refractivity contribution in [3.63, 3.8) is 0 Å². The summed E-state index contributed by atoms with van der Waals surface area (Å²) in [4.78, 5) is 11.2. The van der Waals surface area contributed by atoms with E-state index in [4.69, 9.17) is 5.73 Å². The van der Waals surface area contributed by atoms with E-state index < -0.39 is 11.9 Å². The molecule has 1 rings (SSSR count). The Kier molecular flexibility index (Phi) is 6.70. The number of unbranched alkanes of at least 4 members (excludes halogenated alkanes) is 1. The number of aromatic nitrogens is 2. The largest absolute Gasteiger partial charge is 0.433 e. The van der Waals surface area contributed by atoms with Crippen molar-refractivity contribution in [1.29, 1.82) is 0 Å². The molecule has 0 amide bonds. The van der Waals surface area contributed by atoms with Crippen molar-refractivity contribution in [2.24, 2.45) is 10.7 Å². The van der Waals surface area contributed by atoms with Crippen molar-refractivity contribution in [2.45, 2.75) is 25.9 Å². The summed E-state index contributed by atoms with van der Waals surface area (Å²) in [6, 6.07) is 0.821. The van der Waals surface area contributed by atoms with Gasteiger partial charge in [0.25, 0.3) is 0 Å². The van der Waals surface area contributed by atoms with Gasteiger partial charge in [-0.25, -0.2) is 9.97 Å². The molecule has 0 unspecified atom stereocenters. The van der Waals surface area contributed by atoms with E-state index in [2.05, 4.69) is 32.5 Å². The number of aliphatic imine (C=N–C) groups is 1. The van der Waals surface area contributed by atoms with Crippen LogP contribution in [0, 0.1) is 0 Å². The highest BCUT2D eigenvalue weighted by Gasteiger charge is 2.32. The van der Waals surface area contributed by atoms with E-state index in [9.17, 15) is 13.2 Å². The maximum atomic E-state index is 12.4. The van der Waals surface area contributed by atoms with Crippen LogP contribution in [0.1, 0.15) is 25.5 Å². The molecule has 0 saturated carbocycles. The molecule has 0 saturated heterocycles. The average molecular weight is 304 g/mol. The van der Waals surface area contributed by atoms with Crippen LogP contribution < -0.4 is 16.4 Å². The number of nitrogens with two attached hydrogens (primary N) is 1. The lowest BCUT2D eigenvalue weighted by Gasteiger charge is -2.09. The number of halogens is 3. The number of nitrogens with zero attached hydrogens (tertiary/aromatic N) is 3. The normalized spacial score (nSPS) is 12.3. The minimum atomic E-state index is -4.48. The lowest BCUT2D eigenvalue weighted by molar-refractivity contribution is -0.141. The van der Waals surface area contributed by atoms with Crippen LogP contribution >= 0.6 is 0 Å². The molecule has 0 aromatic carbocycles. The van der Waals surface area contributed by atoms with Crippen LogP contribution in [0.3, 0.4) is 0 Å². The van der Waals surface area contributed by atoms with Crippen LogP contribution in [0.5, 0.6) is 0 Å². The smallest absolute Gasteiger partial charge is 0.370 e. The molecule has 118 valence electrons. The Balaban J connectivity index is 2.35. The fraction of sp³-hybridized carbons (Fsp3) is 0.583. The van der Waals surface area contributed by atoms with Gasteiger partial charge in [0.2, 0.25) is 5.95 Å². The van der Waals surface area contributed by atoms with Crippen LogP contribution in [0.25, 0.3) is 0 Å². The molecule has 0 fully saturated rings. The number of hydrogen-bond donors (Lipinski definition) is 3. The van der Waals surface area contributed by atoms with Crippen LogP contribution in [-0.4, -0.2) is 35.6 Å². The first kappa shape index (κ1) is 17.0. The summed E-state index contributed by atoms with van der Waals surface area (Å²) < 4.78 is 37.3. The highest BCUT2D eigenvalue weighted by Crippen LogP contribution is 2.27. The third kappa shape index (κ3) is 6.77. The van der Waals surface area contributed by atoms with Crippen molar-refractivity contribution in [1.82, 2.24) is 15.3 Å². The molecule has 4 N–H and O–H groups in total. The number of alkyl halides is 3. The predicted molar refractivity (Wildman–Crippen MR) is 74.9 cm³/mol. The van der Waals surface area contributed by atoms with Crippen molar-refractivity contribution in [3.8, 4) is 0 Å². The zero-order valence-corrected chi connectivity index (χ0v) is 11.7. The second-order valence-electron chi connectivity index (χ2n) is 4.24. The molecule has 1 aromatic rings. The molecule has 1 aromatic heterocycles. The van der Waals surface area contributed by atoms with Crippen LogP contribution in [0.4, 0.5) is 19.1 Å². The van der Waals surface area contributed by atoms with E-state index in [0.717, 1.165) is 25.1 Å². The molecular formula is C12H19F3N6. The molecule has 1 heterocycles. The second-order valence-corrected chi connectivity index (χ2v) is 4.24. The van der Waals surface area contributed by atoms with Gasteiger partial charge in [-0.1, -0.05) is 13.3 Å². The zero-order valence-electron chi connectivity index (χ0n) is 11.7.